The van der Waals surface area contributed by atoms with Crippen molar-refractivity contribution >= 4 is 46.4 Å². The Morgan fingerprint density at radius 2 is 0.722 bits per heavy atom. The third-order valence-corrected chi connectivity index (χ3v) is 42.7. The lowest BCUT2D eigenvalue weighted by atomic mass is 9.95. The SMILES string of the molecule is Cc1ccc(C2(O[Si](C)(C)C)P([Si](C)(C)C)P([Si](C)(C)C)C2(O[Si](C)(C)C)c2ccc(C)cc2)cc1. The second kappa shape index (κ2) is 9.93. The highest BCUT2D eigenvalue weighted by Crippen LogP contribution is 3.04. The van der Waals surface area contributed by atoms with Gasteiger partial charge in [-0.2, -0.15) is 0 Å². The first-order chi connectivity index (χ1) is 16.2. The van der Waals surface area contributed by atoms with E-state index in [1.807, 2.05) is 0 Å². The summed E-state index contributed by atoms with van der Waals surface area (Å²) < 4.78 is 15.5. The molecule has 0 saturated carbocycles. The summed E-state index contributed by atoms with van der Waals surface area (Å²) in [5, 5.41) is -0.793. The molecule has 200 valence electrons. The minimum Gasteiger partial charge on any atom is -0.401 e. The van der Waals surface area contributed by atoms with E-state index in [4.69, 9.17) is 8.85 Å². The van der Waals surface area contributed by atoms with Gasteiger partial charge in [0.1, 0.15) is 10.7 Å². The molecule has 0 aromatic heterocycles. The van der Waals surface area contributed by atoms with Crippen molar-refractivity contribution in [3.8, 4) is 0 Å². The van der Waals surface area contributed by atoms with Crippen molar-refractivity contribution in [3.63, 3.8) is 0 Å². The minimum atomic E-state index is -1.98. The van der Waals surface area contributed by atoms with Crippen molar-refractivity contribution in [1.82, 2.24) is 0 Å². The van der Waals surface area contributed by atoms with E-state index in [1.165, 1.54) is 22.3 Å². The second-order valence-electron chi connectivity index (χ2n) is 14.4. The Labute approximate surface area is 228 Å². The monoisotopic (exact) mass is 592 g/mol. The lowest BCUT2D eigenvalue weighted by Gasteiger charge is -2.76. The molecule has 4 atom stereocenters. The van der Waals surface area contributed by atoms with Crippen LogP contribution < -0.4 is 0 Å². The molecule has 2 aromatic rings. The molecular formula is C28H50O2P2Si4. The van der Waals surface area contributed by atoms with Gasteiger partial charge in [0.25, 0.3) is 0 Å². The fourth-order valence-corrected chi connectivity index (χ4v) is 61.4. The van der Waals surface area contributed by atoms with E-state index in [1.54, 1.807) is 0 Å². The standard InChI is InChI=1S/C28H50O2P2Si4/c1-23-15-19-25(20-16-23)27(29-33(3,4)5)28(30-34(6,7)8,26-21-17-24(2)18-22-26)32(36(12,13)14)31(27)35(9,10)11/h15-22H,1-14H3. The third-order valence-electron chi connectivity index (χ3n) is 6.32. The molecule has 4 unspecified atom stereocenters. The zero-order valence-corrected chi connectivity index (χ0v) is 31.1. The molecule has 0 bridgehead atoms. The van der Waals surface area contributed by atoms with Gasteiger partial charge in [-0.25, -0.2) is 0 Å². The molecule has 0 amide bonds. The molecule has 1 aliphatic heterocycles. The number of aryl methyl sites for hydroxylation is 2. The maximum Gasteiger partial charge on any atom is 0.185 e. The summed E-state index contributed by atoms with van der Waals surface area (Å²) in [5.74, 6) is 0. The smallest absolute Gasteiger partial charge is 0.185 e. The van der Waals surface area contributed by atoms with Crippen molar-refractivity contribution in [2.24, 2.45) is 0 Å². The van der Waals surface area contributed by atoms with E-state index in [9.17, 15) is 0 Å². The van der Waals surface area contributed by atoms with Crippen LogP contribution in [0.2, 0.25) is 78.6 Å². The third kappa shape index (κ3) is 5.68. The Balaban J connectivity index is 2.57. The van der Waals surface area contributed by atoms with Gasteiger partial charge in [-0.05, 0) is 64.3 Å². The maximum absolute atomic E-state index is 7.74. The van der Waals surface area contributed by atoms with Gasteiger partial charge in [0.15, 0.2) is 16.6 Å². The highest BCUT2D eigenvalue weighted by atomic mass is 32.3. The Hall–Kier alpha value is 0.0875. The van der Waals surface area contributed by atoms with Crippen molar-refractivity contribution in [3.05, 3.63) is 70.8 Å². The molecule has 2 nitrogen and oxygen atoms in total. The minimum absolute atomic E-state index is 0.385. The van der Waals surface area contributed by atoms with Crippen LogP contribution in [0.5, 0.6) is 0 Å². The van der Waals surface area contributed by atoms with Gasteiger partial charge in [0.05, 0.1) is 15.5 Å². The van der Waals surface area contributed by atoms with Crippen LogP contribution in [0.4, 0.5) is 0 Å². The summed E-state index contributed by atoms with van der Waals surface area (Å²) in [6.45, 7) is 34.3. The van der Waals surface area contributed by atoms with Crippen molar-refractivity contribution in [2.45, 2.75) is 103 Å². The second-order valence-corrected chi connectivity index (χ2v) is 49.9. The van der Waals surface area contributed by atoms with Crippen LogP contribution in [0.1, 0.15) is 22.3 Å². The van der Waals surface area contributed by atoms with Crippen LogP contribution >= 0.6 is 14.3 Å². The van der Waals surface area contributed by atoms with E-state index in [2.05, 4.69) is 141 Å². The summed E-state index contributed by atoms with van der Waals surface area (Å²) in [4.78, 5) is 0. The Morgan fingerprint density at radius 3 is 0.917 bits per heavy atom. The Kier molecular flexibility index (Phi) is 8.44. The molecule has 0 N–H and O–H groups in total. The van der Waals surface area contributed by atoms with E-state index in [0.29, 0.717) is 0 Å². The van der Waals surface area contributed by atoms with Gasteiger partial charge in [-0.1, -0.05) is 113 Å². The summed E-state index contributed by atoms with van der Waals surface area (Å²) in [6.07, 6.45) is 0. The first kappa shape index (κ1) is 30.6. The topological polar surface area (TPSA) is 18.5 Å². The number of benzene rings is 2. The molecule has 1 fully saturated rings. The lowest BCUT2D eigenvalue weighted by Crippen LogP contribution is -2.67. The van der Waals surface area contributed by atoms with Crippen LogP contribution in [-0.4, -0.2) is 32.1 Å². The van der Waals surface area contributed by atoms with E-state index in [-0.39, 0.29) is 14.3 Å². The molecular weight excluding hydrogens is 543 g/mol. The van der Waals surface area contributed by atoms with Crippen LogP contribution in [0, 0.1) is 13.8 Å². The van der Waals surface area contributed by atoms with E-state index in [0.717, 1.165) is 0 Å². The zero-order chi connectivity index (χ0) is 27.5. The fourth-order valence-electron chi connectivity index (χ4n) is 5.49. The molecule has 3 rings (SSSR count). The predicted octanol–water partition coefficient (Wildman–Crippen LogP) is 10.6. The first-order valence-electron chi connectivity index (χ1n) is 13.3. The fraction of sp³-hybridized carbons (Fsp3) is 0.571. The largest absolute Gasteiger partial charge is 0.401 e. The molecule has 0 radical (unpaired) electrons. The van der Waals surface area contributed by atoms with Crippen LogP contribution in [0.15, 0.2) is 48.5 Å². The summed E-state index contributed by atoms with van der Waals surface area (Å²) in [6, 6.07) is 18.7. The number of rotatable bonds is 8. The molecule has 1 aliphatic rings. The van der Waals surface area contributed by atoms with E-state index >= 15 is 0 Å². The van der Waals surface area contributed by atoms with Crippen molar-refractivity contribution < 1.29 is 8.85 Å². The normalized spacial score (nSPS) is 27.6. The Morgan fingerprint density at radius 1 is 0.472 bits per heavy atom. The molecule has 8 heteroatoms. The molecule has 0 spiro atoms. The van der Waals surface area contributed by atoms with Gasteiger partial charge >= 0.3 is 0 Å². The van der Waals surface area contributed by atoms with Crippen LogP contribution in [-0.2, 0) is 19.5 Å². The van der Waals surface area contributed by atoms with Crippen LogP contribution in [0.3, 0.4) is 0 Å². The van der Waals surface area contributed by atoms with Crippen molar-refractivity contribution in [2.75, 3.05) is 0 Å². The molecule has 0 aliphatic carbocycles. The highest BCUT2D eigenvalue weighted by Gasteiger charge is 2.80. The average molecular weight is 593 g/mol. The molecule has 36 heavy (non-hydrogen) atoms. The highest BCUT2D eigenvalue weighted by molar-refractivity contribution is 8.57. The maximum atomic E-state index is 7.74. The average Bonchev–Trinajstić information content (AvgIpc) is 2.66. The van der Waals surface area contributed by atoms with Gasteiger partial charge in [-0.3, -0.25) is 0 Å². The predicted molar refractivity (Wildman–Crippen MR) is 175 cm³/mol. The zero-order valence-electron chi connectivity index (χ0n) is 25.3. The quantitative estimate of drug-likeness (QED) is 0.224. The van der Waals surface area contributed by atoms with Gasteiger partial charge in [-0.15, -0.1) is 0 Å². The molecule has 1 saturated heterocycles. The van der Waals surface area contributed by atoms with Gasteiger partial charge in [0.2, 0.25) is 0 Å². The Bertz CT molecular complexity index is 976. The number of hydrogen-bond donors (Lipinski definition) is 0. The summed E-state index contributed by atoms with van der Waals surface area (Å²) in [7, 11) is -7.97. The molecule has 1 heterocycles. The van der Waals surface area contributed by atoms with E-state index < -0.39 is 42.8 Å². The van der Waals surface area contributed by atoms with Gasteiger partial charge in [0, 0.05) is 0 Å². The van der Waals surface area contributed by atoms with Crippen LogP contribution in [0.25, 0.3) is 0 Å². The summed E-state index contributed by atoms with van der Waals surface area (Å²) >= 11 is 0. The molecule has 2 aromatic carbocycles. The van der Waals surface area contributed by atoms with Crippen molar-refractivity contribution in [1.29, 1.82) is 0 Å². The number of hydrogen-bond acceptors (Lipinski definition) is 2. The first-order valence-corrected chi connectivity index (χ1v) is 32.2. The lowest BCUT2D eigenvalue weighted by molar-refractivity contribution is -0.0284. The van der Waals surface area contributed by atoms with Gasteiger partial charge < -0.3 is 8.85 Å². The summed E-state index contributed by atoms with van der Waals surface area (Å²) in [5.41, 5.74) is 5.33.